The Morgan fingerprint density at radius 3 is 2.60 bits per heavy atom. The maximum absolute atomic E-state index is 11.1. The van der Waals surface area contributed by atoms with Gasteiger partial charge >= 0.3 is 5.97 Å². The minimum absolute atomic E-state index is 0.0787. The number of carbonyl (C=O) groups excluding carboxylic acids is 2. The molecule has 0 unspecified atom stereocenters. The lowest BCUT2D eigenvalue weighted by Crippen LogP contribution is -2.15. The molecule has 0 heterocycles. The van der Waals surface area contributed by atoms with E-state index in [1.165, 1.54) is 6.92 Å². The highest BCUT2D eigenvalue weighted by Gasteiger charge is 2.09. The van der Waals surface area contributed by atoms with Gasteiger partial charge in [0.25, 0.3) is 0 Å². The van der Waals surface area contributed by atoms with Gasteiger partial charge in [-0.3, -0.25) is 9.59 Å². The Labute approximate surface area is 88.0 Å². The molecule has 0 aliphatic heterocycles. The lowest BCUT2D eigenvalue weighted by atomic mass is 10.0. The SMILES string of the molecule is CC(=O)OCc1cc(C)ccc1C(N)=O. The summed E-state index contributed by atoms with van der Waals surface area (Å²) in [5.41, 5.74) is 7.21. The molecule has 4 nitrogen and oxygen atoms in total. The summed E-state index contributed by atoms with van der Waals surface area (Å²) in [6.45, 7) is 3.29. The van der Waals surface area contributed by atoms with Crippen LogP contribution in [0.15, 0.2) is 18.2 Å². The van der Waals surface area contributed by atoms with Gasteiger partial charge in [0, 0.05) is 18.1 Å². The molecule has 0 radical (unpaired) electrons. The van der Waals surface area contributed by atoms with Gasteiger partial charge in [0.1, 0.15) is 6.61 Å². The fourth-order valence-corrected chi connectivity index (χ4v) is 1.26. The van der Waals surface area contributed by atoms with Crippen molar-refractivity contribution in [2.75, 3.05) is 0 Å². The summed E-state index contributed by atoms with van der Waals surface area (Å²) in [5.74, 6) is -0.899. The van der Waals surface area contributed by atoms with Crippen LogP contribution in [-0.2, 0) is 16.1 Å². The zero-order chi connectivity index (χ0) is 11.4. The van der Waals surface area contributed by atoms with Crippen molar-refractivity contribution in [3.8, 4) is 0 Å². The fourth-order valence-electron chi connectivity index (χ4n) is 1.26. The largest absolute Gasteiger partial charge is 0.461 e. The van der Waals surface area contributed by atoms with Crippen LogP contribution in [0, 0.1) is 6.92 Å². The van der Waals surface area contributed by atoms with E-state index in [0.717, 1.165) is 5.56 Å². The predicted octanol–water partition coefficient (Wildman–Crippen LogP) is 1.16. The van der Waals surface area contributed by atoms with Gasteiger partial charge in [-0.1, -0.05) is 17.7 Å². The molecule has 0 spiro atoms. The number of primary amides is 1. The molecule has 2 N–H and O–H groups in total. The third-order valence-corrected chi connectivity index (χ3v) is 1.96. The summed E-state index contributed by atoms with van der Waals surface area (Å²) < 4.78 is 4.83. The number of aryl methyl sites for hydroxylation is 1. The molecule has 1 aromatic rings. The predicted molar refractivity (Wildman–Crippen MR) is 55.2 cm³/mol. The fraction of sp³-hybridized carbons (Fsp3) is 0.273. The van der Waals surface area contributed by atoms with E-state index >= 15 is 0 Å². The summed E-state index contributed by atoms with van der Waals surface area (Å²) in [7, 11) is 0. The monoisotopic (exact) mass is 207 g/mol. The number of ether oxygens (including phenoxy) is 1. The van der Waals surface area contributed by atoms with Crippen molar-refractivity contribution >= 4 is 11.9 Å². The first kappa shape index (κ1) is 11.2. The summed E-state index contributed by atoms with van der Waals surface area (Å²) in [4.78, 5) is 21.7. The third kappa shape index (κ3) is 3.09. The molecule has 0 aliphatic rings. The van der Waals surface area contributed by atoms with E-state index in [1.807, 2.05) is 6.92 Å². The van der Waals surface area contributed by atoms with Gasteiger partial charge in [-0.15, -0.1) is 0 Å². The van der Waals surface area contributed by atoms with E-state index in [1.54, 1.807) is 18.2 Å². The van der Waals surface area contributed by atoms with Gasteiger partial charge in [0.2, 0.25) is 5.91 Å². The van der Waals surface area contributed by atoms with Crippen molar-refractivity contribution in [1.29, 1.82) is 0 Å². The third-order valence-electron chi connectivity index (χ3n) is 1.96. The Morgan fingerprint density at radius 2 is 2.07 bits per heavy atom. The molecule has 0 aliphatic carbocycles. The summed E-state index contributed by atoms with van der Waals surface area (Å²) in [6, 6.07) is 5.21. The summed E-state index contributed by atoms with van der Waals surface area (Å²) >= 11 is 0. The second-order valence-electron chi connectivity index (χ2n) is 3.31. The zero-order valence-electron chi connectivity index (χ0n) is 8.74. The van der Waals surface area contributed by atoms with E-state index < -0.39 is 5.91 Å². The van der Waals surface area contributed by atoms with Gasteiger partial charge in [0.05, 0.1) is 0 Å². The first-order valence-corrected chi connectivity index (χ1v) is 4.53. The number of hydrogen-bond donors (Lipinski definition) is 1. The second-order valence-corrected chi connectivity index (χ2v) is 3.31. The Hall–Kier alpha value is -1.84. The number of nitrogens with two attached hydrogens (primary N) is 1. The van der Waals surface area contributed by atoms with Crippen LogP contribution >= 0.6 is 0 Å². The lowest BCUT2D eigenvalue weighted by Gasteiger charge is -2.07. The smallest absolute Gasteiger partial charge is 0.302 e. The molecule has 80 valence electrons. The molecule has 0 saturated carbocycles. The van der Waals surface area contributed by atoms with Crippen LogP contribution in [0.2, 0.25) is 0 Å². The summed E-state index contributed by atoms with van der Waals surface area (Å²) in [6.07, 6.45) is 0. The minimum Gasteiger partial charge on any atom is -0.461 e. The first-order chi connectivity index (χ1) is 7.00. The molecular weight excluding hydrogens is 194 g/mol. The molecule has 1 amide bonds. The van der Waals surface area contributed by atoms with Crippen LogP contribution in [0.4, 0.5) is 0 Å². The average molecular weight is 207 g/mol. The van der Waals surface area contributed by atoms with Crippen molar-refractivity contribution in [1.82, 2.24) is 0 Å². The molecular formula is C11H13NO3. The van der Waals surface area contributed by atoms with E-state index in [0.29, 0.717) is 11.1 Å². The van der Waals surface area contributed by atoms with Gasteiger partial charge in [-0.2, -0.15) is 0 Å². The molecule has 0 atom stereocenters. The molecule has 0 saturated heterocycles. The number of hydrogen-bond acceptors (Lipinski definition) is 3. The highest BCUT2D eigenvalue weighted by molar-refractivity contribution is 5.94. The van der Waals surface area contributed by atoms with Crippen LogP contribution in [0.5, 0.6) is 0 Å². The topological polar surface area (TPSA) is 69.4 Å². The van der Waals surface area contributed by atoms with Gasteiger partial charge in [0.15, 0.2) is 0 Å². The van der Waals surface area contributed by atoms with Crippen LogP contribution in [0.1, 0.15) is 28.4 Å². The Kier molecular flexibility index (Phi) is 3.44. The van der Waals surface area contributed by atoms with Crippen LogP contribution in [0.3, 0.4) is 0 Å². The normalized spacial score (nSPS) is 9.73. The van der Waals surface area contributed by atoms with E-state index in [-0.39, 0.29) is 12.6 Å². The first-order valence-electron chi connectivity index (χ1n) is 4.53. The van der Waals surface area contributed by atoms with Crippen molar-refractivity contribution in [3.63, 3.8) is 0 Å². The molecule has 0 fully saturated rings. The second kappa shape index (κ2) is 4.59. The van der Waals surface area contributed by atoms with Crippen LogP contribution in [0.25, 0.3) is 0 Å². The average Bonchev–Trinajstić information content (AvgIpc) is 2.14. The minimum atomic E-state index is -0.517. The van der Waals surface area contributed by atoms with Crippen molar-refractivity contribution in [3.05, 3.63) is 34.9 Å². The molecule has 1 aromatic carbocycles. The van der Waals surface area contributed by atoms with Crippen molar-refractivity contribution < 1.29 is 14.3 Å². The lowest BCUT2D eigenvalue weighted by molar-refractivity contribution is -0.142. The molecule has 15 heavy (non-hydrogen) atoms. The number of benzene rings is 1. The quantitative estimate of drug-likeness (QED) is 0.756. The summed E-state index contributed by atoms with van der Waals surface area (Å²) in [5, 5.41) is 0. The number of esters is 1. The Balaban J connectivity index is 2.96. The van der Waals surface area contributed by atoms with Crippen LogP contribution < -0.4 is 5.73 Å². The maximum Gasteiger partial charge on any atom is 0.302 e. The molecule has 4 heteroatoms. The van der Waals surface area contributed by atoms with E-state index in [9.17, 15) is 9.59 Å². The Morgan fingerprint density at radius 1 is 1.40 bits per heavy atom. The number of amides is 1. The molecule has 1 rings (SSSR count). The number of carbonyl (C=O) groups is 2. The van der Waals surface area contributed by atoms with Gasteiger partial charge < -0.3 is 10.5 Å². The van der Waals surface area contributed by atoms with Crippen molar-refractivity contribution in [2.24, 2.45) is 5.73 Å². The highest BCUT2D eigenvalue weighted by Crippen LogP contribution is 2.12. The zero-order valence-corrected chi connectivity index (χ0v) is 8.74. The van der Waals surface area contributed by atoms with Gasteiger partial charge in [-0.05, 0) is 13.0 Å². The molecule has 0 aromatic heterocycles. The van der Waals surface area contributed by atoms with E-state index in [4.69, 9.17) is 10.5 Å². The maximum atomic E-state index is 11.1. The van der Waals surface area contributed by atoms with Crippen LogP contribution in [-0.4, -0.2) is 11.9 Å². The van der Waals surface area contributed by atoms with Crippen molar-refractivity contribution in [2.45, 2.75) is 20.5 Å². The van der Waals surface area contributed by atoms with Gasteiger partial charge in [-0.25, -0.2) is 0 Å². The number of rotatable bonds is 3. The highest BCUT2D eigenvalue weighted by atomic mass is 16.5. The standard InChI is InChI=1S/C11H13NO3/c1-7-3-4-10(11(12)14)9(5-7)6-15-8(2)13/h3-5H,6H2,1-2H3,(H2,12,14). The molecule has 0 bridgehead atoms. The van der Waals surface area contributed by atoms with E-state index in [2.05, 4.69) is 0 Å². The Bertz CT molecular complexity index is 399.